The highest BCUT2D eigenvalue weighted by Crippen LogP contribution is 2.18. The average Bonchev–Trinajstić information content (AvgIpc) is 2.85. The second kappa shape index (κ2) is 9.55. The van der Waals surface area contributed by atoms with Gasteiger partial charge in [-0.25, -0.2) is 0 Å². The first kappa shape index (κ1) is 19.5. The van der Waals surface area contributed by atoms with Gasteiger partial charge < -0.3 is 15.8 Å². The van der Waals surface area contributed by atoms with Crippen molar-refractivity contribution in [3.63, 3.8) is 0 Å². The van der Waals surface area contributed by atoms with Gasteiger partial charge in [-0.05, 0) is 45.1 Å². The van der Waals surface area contributed by atoms with Crippen LogP contribution in [-0.2, 0) is 9.53 Å². The van der Waals surface area contributed by atoms with E-state index in [0.717, 1.165) is 32.1 Å². The summed E-state index contributed by atoms with van der Waals surface area (Å²) in [6.45, 7) is 6.29. The number of hydrogen-bond acceptors (Lipinski definition) is 5. The number of ether oxygens (including phenoxy) is 1. The summed E-state index contributed by atoms with van der Waals surface area (Å²) in [6, 6.07) is 1.74. The lowest BCUT2D eigenvalue weighted by molar-refractivity contribution is -0.154. The molecule has 3 N–H and O–H groups in total. The molecule has 0 fully saturated rings. The Morgan fingerprint density at radius 1 is 1.17 bits per heavy atom. The lowest BCUT2D eigenvalue weighted by atomic mass is 10.1. The summed E-state index contributed by atoms with van der Waals surface area (Å²) < 4.78 is 5.26. The van der Waals surface area contributed by atoms with E-state index in [1.807, 2.05) is 26.2 Å². The Morgan fingerprint density at radius 2 is 1.83 bits per heavy atom. The molecule has 0 aliphatic rings. The predicted molar refractivity (Wildman–Crippen MR) is 94.6 cm³/mol. The number of anilines is 1. The molecule has 0 unspecified atom stereocenters. The van der Waals surface area contributed by atoms with Crippen molar-refractivity contribution < 1.29 is 14.3 Å². The zero-order chi connectivity index (χ0) is 17.3. The fraction of sp³-hybridized carbons (Fsp3) is 0.647. The van der Waals surface area contributed by atoms with Crippen LogP contribution < -0.4 is 11.1 Å². The minimum atomic E-state index is -0.402. The SMILES string of the molecule is CC(C)(C)OC(=O)CCCCCCCNC(=O)c1ccsc1N. The number of carbonyl (C=O) groups excluding carboxylic acids is 2. The number of esters is 1. The molecule has 1 heterocycles. The second-order valence-corrected chi connectivity index (χ2v) is 7.51. The summed E-state index contributed by atoms with van der Waals surface area (Å²) in [4.78, 5) is 23.3. The van der Waals surface area contributed by atoms with E-state index in [-0.39, 0.29) is 11.9 Å². The maximum atomic E-state index is 11.8. The maximum Gasteiger partial charge on any atom is 0.306 e. The van der Waals surface area contributed by atoms with E-state index >= 15 is 0 Å². The van der Waals surface area contributed by atoms with Crippen LogP contribution in [0.3, 0.4) is 0 Å². The molecular weight excluding hydrogens is 312 g/mol. The molecule has 0 aliphatic carbocycles. The Hall–Kier alpha value is -1.56. The van der Waals surface area contributed by atoms with Crippen molar-refractivity contribution in [2.24, 2.45) is 0 Å². The van der Waals surface area contributed by atoms with Gasteiger partial charge in [0.1, 0.15) is 5.60 Å². The molecule has 0 saturated heterocycles. The Morgan fingerprint density at radius 3 is 2.43 bits per heavy atom. The molecule has 130 valence electrons. The Balaban J connectivity index is 1.99. The van der Waals surface area contributed by atoms with E-state index in [1.54, 1.807) is 6.07 Å². The molecule has 0 spiro atoms. The summed E-state index contributed by atoms with van der Waals surface area (Å²) in [5.74, 6) is -0.230. The van der Waals surface area contributed by atoms with Crippen LogP contribution in [0.5, 0.6) is 0 Å². The van der Waals surface area contributed by atoms with E-state index in [1.165, 1.54) is 11.3 Å². The number of hydrogen-bond donors (Lipinski definition) is 2. The van der Waals surface area contributed by atoms with Crippen LogP contribution in [0.25, 0.3) is 0 Å². The molecule has 1 aromatic heterocycles. The number of unbranched alkanes of at least 4 members (excludes halogenated alkanes) is 4. The molecule has 0 bridgehead atoms. The maximum absolute atomic E-state index is 11.8. The zero-order valence-corrected chi connectivity index (χ0v) is 15.1. The van der Waals surface area contributed by atoms with Crippen molar-refractivity contribution in [3.8, 4) is 0 Å². The molecule has 0 aliphatic heterocycles. The fourth-order valence-corrected chi connectivity index (χ4v) is 2.76. The lowest BCUT2D eigenvalue weighted by Gasteiger charge is -2.19. The Labute approximate surface area is 142 Å². The number of nitrogen functional groups attached to an aromatic ring is 1. The van der Waals surface area contributed by atoms with Crippen molar-refractivity contribution in [2.75, 3.05) is 12.3 Å². The molecular formula is C17H28N2O3S. The average molecular weight is 340 g/mol. The molecule has 6 heteroatoms. The van der Waals surface area contributed by atoms with E-state index in [0.29, 0.717) is 23.5 Å². The van der Waals surface area contributed by atoms with Gasteiger partial charge in [0.05, 0.1) is 10.6 Å². The molecule has 0 saturated carbocycles. The van der Waals surface area contributed by atoms with Crippen molar-refractivity contribution in [3.05, 3.63) is 17.0 Å². The predicted octanol–water partition coefficient (Wildman–Crippen LogP) is 3.74. The molecule has 1 rings (SSSR count). The van der Waals surface area contributed by atoms with Crippen molar-refractivity contribution in [2.45, 2.75) is 64.9 Å². The zero-order valence-electron chi connectivity index (χ0n) is 14.3. The summed E-state index contributed by atoms with van der Waals surface area (Å²) in [7, 11) is 0. The van der Waals surface area contributed by atoms with Gasteiger partial charge in [-0.1, -0.05) is 19.3 Å². The second-order valence-electron chi connectivity index (χ2n) is 6.56. The molecule has 5 nitrogen and oxygen atoms in total. The van der Waals surface area contributed by atoms with Crippen LogP contribution in [0.1, 0.15) is 69.7 Å². The van der Waals surface area contributed by atoms with E-state index in [2.05, 4.69) is 5.32 Å². The molecule has 1 aromatic rings. The van der Waals surface area contributed by atoms with Crippen LogP contribution in [0.4, 0.5) is 5.00 Å². The van der Waals surface area contributed by atoms with Crippen LogP contribution in [-0.4, -0.2) is 24.0 Å². The van der Waals surface area contributed by atoms with Crippen molar-refractivity contribution in [1.82, 2.24) is 5.32 Å². The first-order chi connectivity index (χ1) is 10.8. The van der Waals surface area contributed by atoms with E-state index < -0.39 is 5.60 Å². The highest BCUT2D eigenvalue weighted by Gasteiger charge is 2.15. The van der Waals surface area contributed by atoms with Gasteiger partial charge in [-0.3, -0.25) is 9.59 Å². The first-order valence-corrected chi connectivity index (χ1v) is 9.00. The van der Waals surface area contributed by atoms with Gasteiger partial charge >= 0.3 is 5.97 Å². The molecule has 23 heavy (non-hydrogen) atoms. The lowest BCUT2D eigenvalue weighted by Crippen LogP contribution is -2.24. The molecule has 0 aromatic carbocycles. The first-order valence-electron chi connectivity index (χ1n) is 8.12. The summed E-state index contributed by atoms with van der Waals surface area (Å²) in [5.41, 5.74) is 5.87. The highest BCUT2D eigenvalue weighted by atomic mass is 32.1. The minimum absolute atomic E-state index is 0.103. The Kier molecular flexibility index (Phi) is 8.09. The number of carbonyl (C=O) groups is 2. The number of nitrogens with one attached hydrogen (secondary N) is 1. The van der Waals surface area contributed by atoms with Crippen molar-refractivity contribution in [1.29, 1.82) is 0 Å². The summed E-state index contributed by atoms with van der Waals surface area (Å²) in [5, 5.41) is 5.25. The van der Waals surface area contributed by atoms with Gasteiger partial charge in [0.2, 0.25) is 0 Å². The fourth-order valence-electron chi connectivity index (χ4n) is 2.12. The van der Waals surface area contributed by atoms with Crippen LogP contribution in [0.2, 0.25) is 0 Å². The van der Waals surface area contributed by atoms with Gasteiger partial charge in [0.15, 0.2) is 0 Å². The minimum Gasteiger partial charge on any atom is -0.460 e. The third-order valence-corrected chi connectivity index (χ3v) is 3.95. The van der Waals surface area contributed by atoms with Crippen molar-refractivity contribution >= 4 is 28.2 Å². The van der Waals surface area contributed by atoms with E-state index in [4.69, 9.17) is 10.5 Å². The summed E-state index contributed by atoms with van der Waals surface area (Å²) in [6.07, 6.45) is 5.36. The molecule has 1 amide bonds. The highest BCUT2D eigenvalue weighted by molar-refractivity contribution is 7.14. The number of nitrogens with two attached hydrogens (primary N) is 1. The normalized spacial score (nSPS) is 11.3. The van der Waals surface area contributed by atoms with Gasteiger partial charge in [-0.2, -0.15) is 0 Å². The smallest absolute Gasteiger partial charge is 0.306 e. The Bertz CT molecular complexity index is 506. The number of thiophene rings is 1. The van der Waals surface area contributed by atoms with Gasteiger partial charge in [-0.15, -0.1) is 11.3 Å². The number of amides is 1. The standard InChI is InChI=1S/C17H28N2O3S/c1-17(2,3)22-14(20)9-7-5-4-6-8-11-19-16(21)13-10-12-23-15(13)18/h10,12H,4-9,11,18H2,1-3H3,(H,19,21). The third kappa shape index (κ3) is 8.59. The third-order valence-electron chi connectivity index (χ3n) is 3.20. The van der Waals surface area contributed by atoms with Crippen LogP contribution >= 0.6 is 11.3 Å². The van der Waals surface area contributed by atoms with Gasteiger partial charge in [0.25, 0.3) is 5.91 Å². The quantitative estimate of drug-likeness (QED) is 0.530. The molecule has 0 radical (unpaired) electrons. The van der Waals surface area contributed by atoms with Crippen LogP contribution in [0.15, 0.2) is 11.4 Å². The summed E-state index contributed by atoms with van der Waals surface area (Å²) >= 11 is 1.37. The number of rotatable bonds is 9. The largest absolute Gasteiger partial charge is 0.460 e. The monoisotopic (exact) mass is 340 g/mol. The van der Waals surface area contributed by atoms with Gasteiger partial charge in [0, 0.05) is 13.0 Å². The van der Waals surface area contributed by atoms with E-state index in [9.17, 15) is 9.59 Å². The molecule has 0 atom stereocenters. The topological polar surface area (TPSA) is 81.4 Å². The van der Waals surface area contributed by atoms with Crippen LogP contribution in [0, 0.1) is 0 Å².